The number of amides is 1. The molecule has 0 unspecified atom stereocenters. The van der Waals surface area contributed by atoms with Crippen LogP contribution in [-0.2, 0) is 6.54 Å². The Morgan fingerprint density at radius 3 is 2.45 bits per heavy atom. The molecule has 0 radical (unpaired) electrons. The zero-order valence-corrected chi connectivity index (χ0v) is 11.0. The molecule has 1 heterocycles. The fourth-order valence-corrected chi connectivity index (χ4v) is 1.72. The van der Waals surface area contributed by atoms with Crippen LogP contribution < -0.4 is 10.6 Å². The normalized spacial score (nSPS) is 10.4. The summed E-state index contributed by atoms with van der Waals surface area (Å²) in [7, 11) is 1.40. The number of halogens is 2. The lowest BCUT2D eigenvalue weighted by Crippen LogP contribution is -2.23. The highest BCUT2D eigenvalue weighted by atomic mass is 19.1. The average Bonchev–Trinajstić information content (AvgIpc) is 2.81. The van der Waals surface area contributed by atoms with Gasteiger partial charge in [-0.2, -0.15) is 0 Å². The van der Waals surface area contributed by atoms with Gasteiger partial charge in [-0.05, 0) is 19.1 Å². The second-order valence-corrected chi connectivity index (χ2v) is 4.18. The van der Waals surface area contributed by atoms with E-state index >= 15 is 0 Å². The van der Waals surface area contributed by atoms with Crippen LogP contribution in [0.4, 0.5) is 14.5 Å². The van der Waals surface area contributed by atoms with Crippen molar-refractivity contribution >= 4 is 11.6 Å². The summed E-state index contributed by atoms with van der Waals surface area (Å²) in [5, 5.41) is 8.59. The minimum Gasteiger partial charge on any atom is -0.383 e. The molecule has 0 saturated heterocycles. The molecule has 0 aliphatic carbocycles. The van der Waals surface area contributed by atoms with Crippen LogP contribution in [0.15, 0.2) is 22.7 Å². The van der Waals surface area contributed by atoms with E-state index in [-0.39, 0.29) is 17.8 Å². The number of carbonyl (C=O) groups excluding carboxylic acids is 1. The molecule has 0 fully saturated rings. The zero-order chi connectivity index (χ0) is 14.7. The van der Waals surface area contributed by atoms with Crippen molar-refractivity contribution in [2.24, 2.45) is 0 Å². The van der Waals surface area contributed by atoms with E-state index in [1.807, 2.05) is 0 Å². The first-order valence-electron chi connectivity index (χ1n) is 5.88. The minimum absolute atomic E-state index is 0.0979. The first-order valence-corrected chi connectivity index (χ1v) is 5.88. The molecule has 1 aromatic carbocycles. The molecule has 106 valence electrons. The fraction of sp³-hybridized carbons (Fsp3) is 0.231. The van der Waals surface area contributed by atoms with Crippen LogP contribution in [0.25, 0.3) is 0 Å². The molecule has 2 N–H and O–H groups in total. The van der Waals surface area contributed by atoms with Crippen LogP contribution in [0.2, 0.25) is 0 Å². The van der Waals surface area contributed by atoms with Gasteiger partial charge in [0.15, 0.2) is 0 Å². The van der Waals surface area contributed by atoms with Crippen molar-refractivity contribution in [3.8, 4) is 0 Å². The number of nitrogens with zero attached hydrogens (tertiary/aromatic N) is 1. The first kappa shape index (κ1) is 14.0. The number of hydrogen-bond donors (Lipinski definition) is 2. The number of carbonyl (C=O) groups is 1. The van der Waals surface area contributed by atoms with Gasteiger partial charge >= 0.3 is 0 Å². The van der Waals surface area contributed by atoms with Crippen molar-refractivity contribution in [2.75, 3.05) is 12.4 Å². The molecule has 20 heavy (non-hydrogen) atoms. The van der Waals surface area contributed by atoms with Gasteiger partial charge in [0.2, 0.25) is 0 Å². The summed E-state index contributed by atoms with van der Waals surface area (Å²) in [6.07, 6.45) is 0. The van der Waals surface area contributed by atoms with E-state index < -0.39 is 17.5 Å². The Bertz CT molecular complexity index is 617. The summed E-state index contributed by atoms with van der Waals surface area (Å²) < 4.78 is 31.9. The van der Waals surface area contributed by atoms with E-state index in [4.69, 9.17) is 4.52 Å². The summed E-state index contributed by atoms with van der Waals surface area (Å²) in [6, 6.07) is 3.60. The van der Waals surface area contributed by atoms with Crippen LogP contribution in [0.1, 0.15) is 21.8 Å². The number of nitrogens with one attached hydrogen (secondary N) is 2. The summed E-state index contributed by atoms with van der Waals surface area (Å²) in [4.78, 5) is 11.8. The minimum atomic E-state index is -0.824. The second-order valence-electron chi connectivity index (χ2n) is 4.18. The monoisotopic (exact) mass is 281 g/mol. The van der Waals surface area contributed by atoms with Gasteiger partial charge in [0.25, 0.3) is 5.91 Å². The van der Waals surface area contributed by atoms with Crippen molar-refractivity contribution in [1.82, 2.24) is 10.5 Å². The van der Waals surface area contributed by atoms with Crippen LogP contribution in [0, 0.1) is 18.6 Å². The van der Waals surface area contributed by atoms with Gasteiger partial charge in [-0.25, -0.2) is 8.78 Å². The molecular formula is C13H13F2N3O2. The smallest absolute Gasteiger partial charge is 0.251 e. The number of rotatable bonds is 4. The Hall–Kier alpha value is -2.44. The Labute approximate surface area is 114 Å². The highest BCUT2D eigenvalue weighted by Gasteiger charge is 2.14. The Morgan fingerprint density at radius 2 is 1.95 bits per heavy atom. The second kappa shape index (κ2) is 5.68. The van der Waals surface area contributed by atoms with Gasteiger partial charge in [0, 0.05) is 18.7 Å². The van der Waals surface area contributed by atoms with E-state index in [0.717, 1.165) is 12.1 Å². The fourth-order valence-electron chi connectivity index (χ4n) is 1.72. The number of aromatic nitrogens is 1. The lowest BCUT2D eigenvalue weighted by molar-refractivity contribution is 0.0949. The van der Waals surface area contributed by atoms with Crippen molar-refractivity contribution in [3.05, 3.63) is 46.9 Å². The molecule has 7 heteroatoms. The molecule has 2 rings (SSSR count). The number of hydrogen-bond acceptors (Lipinski definition) is 4. The summed E-state index contributed by atoms with van der Waals surface area (Å²) >= 11 is 0. The maximum absolute atomic E-state index is 13.5. The maximum Gasteiger partial charge on any atom is 0.251 e. The van der Waals surface area contributed by atoms with Gasteiger partial charge in [-0.3, -0.25) is 4.79 Å². The molecule has 2 aromatic rings. The predicted octanol–water partition coefficient (Wildman–Crippen LogP) is 2.23. The standard InChI is InChI=1S/C13H13F2N3O2/c1-7-3-9(18-20-7)6-17-13(19)8-4-10(14)12(16-2)11(15)5-8/h3-5,16H,6H2,1-2H3,(H,17,19). The third-order valence-electron chi connectivity index (χ3n) is 2.66. The highest BCUT2D eigenvalue weighted by Crippen LogP contribution is 2.20. The molecule has 0 aliphatic rings. The van der Waals surface area contributed by atoms with Crippen LogP contribution in [0.3, 0.4) is 0 Å². The van der Waals surface area contributed by atoms with Crippen LogP contribution >= 0.6 is 0 Å². The third kappa shape index (κ3) is 2.93. The van der Waals surface area contributed by atoms with Gasteiger partial charge in [-0.15, -0.1) is 0 Å². The van der Waals surface area contributed by atoms with Gasteiger partial charge in [0.1, 0.15) is 28.8 Å². The Balaban J connectivity index is 2.09. The van der Waals surface area contributed by atoms with E-state index in [9.17, 15) is 13.6 Å². The van der Waals surface area contributed by atoms with E-state index in [2.05, 4.69) is 15.8 Å². The molecule has 0 saturated carbocycles. The summed E-state index contributed by atoms with van der Waals surface area (Å²) in [5.74, 6) is -1.62. The van der Waals surface area contributed by atoms with Crippen molar-refractivity contribution in [1.29, 1.82) is 0 Å². The lowest BCUT2D eigenvalue weighted by atomic mass is 10.1. The van der Waals surface area contributed by atoms with Crippen molar-refractivity contribution in [2.45, 2.75) is 13.5 Å². The molecule has 0 bridgehead atoms. The highest BCUT2D eigenvalue weighted by molar-refractivity contribution is 5.94. The number of anilines is 1. The maximum atomic E-state index is 13.5. The Kier molecular flexibility index (Phi) is 3.97. The molecular weight excluding hydrogens is 268 g/mol. The molecule has 1 aromatic heterocycles. The molecule has 0 aliphatic heterocycles. The Morgan fingerprint density at radius 1 is 1.30 bits per heavy atom. The number of aryl methyl sites for hydroxylation is 1. The molecule has 5 nitrogen and oxygen atoms in total. The van der Waals surface area contributed by atoms with Gasteiger partial charge in [0.05, 0.1) is 6.54 Å². The van der Waals surface area contributed by atoms with Gasteiger partial charge < -0.3 is 15.2 Å². The molecule has 0 spiro atoms. The van der Waals surface area contributed by atoms with E-state index in [1.165, 1.54) is 7.05 Å². The third-order valence-corrected chi connectivity index (χ3v) is 2.66. The van der Waals surface area contributed by atoms with Gasteiger partial charge in [-0.1, -0.05) is 5.16 Å². The van der Waals surface area contributed by atoms with E-state index in [0.29, 0.717) is 11.5 Å². The zero-order valence-electron chi connectivity index (χ0n) is 11.0. The summed E-state index contributed by atoms with van der Waals surface area (Å²) in [6.45, 7) is 1.84. The predicted molar refractivity (Wildman–Crippen MR) is 68.3 cm³/mol. The lowest BCUT2D eigenvalue weighted by Gasteiger charge is -2.07. The topological polar surface area (TPSA) is 67.2 Å². The van der Waals surface area contributed by atoms with Crippen LogP contribution in [-0.4, -0.2) is 18.1 Å². The quantitative estimate of drug-likeness (QED) is 0.902. The largest absolute Gasteiger partial charge is 0.383 e. The SMILES string of the molecule is CNc1c(F)cc(C(=O)NCc2cc(C)on2)cc1F. The van der Waals surface area contributed by atoms with Crippen molar-refractivity contribution in [3.63, 3.8) is 0 Å². The number of benzene rings is 1. The molecule has 0 atom stereocenters. The van der Waals surface area contributed by atoms with Crippen LogP contribution in [0.5, 0.6) is 0 Å². The van der Waals surface area contributed by atoms with E-state index in [1.54, 1.807) is 13.0 Å². The average molecular weight is 281 g/mol. The molecule has 1 amide bonds. The summed E-state index contributed by atoms with van der Waals surface area (Å²) in [5.41, 5.74) is 0.163. The first-order chi connectivity index (χ1) is 9.51. The van der Waals surface area contributed by atoms with Crippen molar-refractivity contribution < 1.29 is 18.1 Å².